The van der Waals surface area contributed by atoms with Crippen molar-refractivity contribution in [1.29, 1.82) is 0 Å². The largest absolute Gasteiger partial charge is 0.379 e. The highest BCUT2D eigenvalue weighted by Crippen LogP contribution is 2.20. The second-order valence-electron chi connectivity index (χ2n) is 4.98. The van der Waals surface area contributed by atoms with Gasteiger partial charge in [-0.2, -0.15) is 0 Å². The van der Waals surface area contributed by atoms with Gasteiger partial charge in [-0.15, -0.1) is 0 Å². The molecule has 4 heteroatoms. The molecule has 0 aromatic rings. The van der Waals surface area contributed by atoms with Crippen molar-refractivity contribution in [3.63, 3.8) is 0 Å². The maximum Gasteiger partial charge on any atom is 0.191 e. The Labute approximate surface area is 92.5 Å². The molecule has 0 bridgehead atoms. The first-order chi connectivity index (χ1) is 7.04. The molecule has 1 atom stereocenters. The van der Waals surface area contributed by atoms with E-state index in [0.717, 1.165) is 32.0 Å². The molecule has 0 saturated heterocycles. The summed E-state index contributed by atoms with van der Waals surface area (Å²) in [5.74, 6) is 0.910. The van der Waals surface area contributed by atoms with Crippen molar-refractivity contribution in [1.82, 2.24) is 10.6 Å². The third kappa shape index (κ3) is 4.08. The Balaban J connectivity index is 2.37. The van der Waals surface area contributed by atoms with Gasteiger partial charge in [-0.3, -0.25) is 4.99 Å². The number of ether oxygens (including phenoxy) is 1. The quantitative estimate of drug-likeness (QED) is 0.735. The number of nitrogens with zero attached hydrogens (tertiary/aromatic N) is 1. The summed E-state index contributed by atoms with van der Waals surface area (Å²) in [6, 6.07) is 0. The molecule has 0 aromatic carbocycles. The number of rotatable bonds is 3. The van der Waals surface area contributed by atoms with E-state index in [1.807, 2.05) is 0 Å². The van der Waals surface area contributed by atoms with Gasteiger partial charge in [0.1, 0.15) is 0 Å². The van der Waals surface area contributed by atoms with Gasteiger partial charge in [0.15, 0.2) is 5.96 Å². The van der Waals surface area contributed by atoms with Gasteiger partial charge in [0.25, 0.3) is 0 Å². The Kier molecular flexibility index (Phi) is 4.39. The fourth-order valence-corrected chi connectivity index (χ4v) is 1.58. The average molecular weight is 213 g/mol. The van der Waals surface area contributed by atoms with E-state index in [9.17, 15) is 0 Å². The molecular weight excluding hydrogens is 190 g/mol. The van der Waals surface area contributed by atoms with Crippen LogP contribution in [0, 0.1) is 5.41 Å². The molecule has 0 unspecified atom stereocenters. The molecule has 0 radical (unpaired) electrons. The van der Waals surface area contributed by atoms with E-state index in [0.29, 0.717) is 0 Å². The number of guanidine groups is 1. The molecule has 0 saturated carbocycles. The SMILES string of the molecule is CO[C@H](CNC1=NCCCN1)C(C)(C)C. The molecular formula is C11H23N3O. The third-order valence-corrected chi connectivity index (χ3v) is 2.60. The molecule has 2 N–H and O–H groups in total. The zero-order chi connectivity index (χ0) is 11.3. The summed E-state index contributed by atoms with van der Waals surface area (Å²) in [5, 5.41) is 6.53. The zero-order valence-electron chi connectivity index (χ0n) is 10.3. The minimum atomic E-state index is 0.150. The van der Waals surface area contributed by atoms with E-state index < -0.39 is 0 Å². The van der Waals surface area contributed by atoms with Crippen LogP contribution in [0.25, 0.3) is 0 Å². The van der Waals surface area contributed by atoms with Crippen LogP contribution in [-0.2, 0) is 4.74 Å². The van der Waals surface area contributed by atoms with Crippen LogP contribution in [0.4, 0.5) is 0 Å². The number of hydrogen-bond acceptors (Lipinski definition) is 4. The van der Waals surface area contributed by atoms with Gasteiger partial charge in [-0.1, -0.05) is 20.8 Å². The van der Waals surface area contributed by atoms with E-state index in [2.05, 4.69) is 36.4 Å². The Hall–Kier alpha value is -0.770. The highest BCUT2D eigenvalue weighted by Gasteiger charge is 2.24. The molecule has 1 rings (SSSR count). The molecule has 1 heterocycles. The summed E-state index contributed by atoms with van der Waals surface area (Å²) >= 11 is 0. The molecule has 15 heavy (non-hydrogen) atoms. The Morgan fingerprint density at radius 1 is 1.53 bits per heavy atom. The van der Waals surface area contributed by atoms with Crippen molar-refractivity contribution in [2.24, 2.45) is 10.4 Å². The predicted molar refractivity (Wildman–Crippen MR) is 63.2 cm³/mol. The highest BCUT2D eigenvalue weighted by molar-refractivity contribution is 5.80. The fraction of sp³-hybridized carbons (Fsp3) is 0.909. The Morgan fingerprint density at radius 2 is 2.27 bits per heavy atom. The summed E-state index contributed by atoms with van der Waals surface area (Å²) in [4.78, 5) is 4.36. The van der Waals surface area contributed by atoms with E-state index in [1.54, 1.807) is 7.11 Å². The van der Waals surface area contributed by atoms with Crippen LogP contribution in [0.5, 0.6) is 0 Å². The monoisotopic (exact) mass is 213 g/mol. The van der Waals surface area contributed by atoms with Crippen LogP contribution < -0.4 is 10.6 Å². The zero-order valence-corrected chi connectivity index (χ0v) is 10.3. The molecule has 0 fully saturated rings. The standard InChI is InChI=1S/C11H23N3O/c1-11(2,3)9(15-4)8-14-10-12-6-5-7-13-10/h9H,5-8H2,1-4H3,(H2,12,13,14)/t9-/m1/s1. The van der Waals surface area contributed by atoms with Crippen molar-refractivity contribution in [3.8, 4) is 0 Å². The lowest BCUT2D eigenvalue weighted by molar-refractivity contribution is 0.0205. The van der Waals surface area contributed by atoms with E-state index in [4.69, 9.17) is 4.74 Å². The average Bonchev–Trinajstić information content (AvgIpc) is 2.18. The van der Waals surface area contributed by atoms with Crippen molar-refractivity contribution in [2.75, 3.05) is 26.7 Å². The fourth-order valence-electron chi connectivity index (χ4n) is 1.58. The van der Waals surface area contributed by atoms with Crippen LogP contribution in [0.3, 0.4) is 0 Å². The van der Waals surface area contributed by atoms with E-state index in [1.165, 1.54) is 0 Å². The number of methoxy groups -OCH3 is 1. The second-order valence-corrected chi connectivity index (χ2v) is 4.98. The van der Waals surface area contributed by atoms with Crippen molar-refractivity contribution in [3.05, 3.63) is 0 Å². The molecule has 0 spiro atoms. The van der Waals surface area contributed by atoms with Crippen molar-refractivity contribution < 1.29 is 4.74 Å². The van der Waals surface area contributed by atoms with Crippen LogP contribution in [-0.4, -0.2) is 38.8 Å². The molecule has 0 amide bonds. The second kappa shape index (κ2) is 5.35. The number of hydrogen-bond donors (Lipinski definition) is 2. The van der Waals surface area contributed by atoms with Gasteiger partial charge in [-0.25, -0.2) is 0 Å². The highest BCUT2D eigenvalue weighted by atomic mass is 16.5. The van der Waals surface area contributed by atoms with Gasteiger partial charge in [0.2, 0.25) is 0 Å². The van der Waals surface area contributed by atoms with Crippen LogP contribution in [0.15, 0.2) is 4.99 Å². The van der Waals surface area contributed by atoms with E-state index >= 15 is 0 Å². The van der Waals surface area contributed by atoms with Gasteiger partial charge in [0.05, 0.1) is 6.10 Å². The van der Waals surface area contributed by atoms with Gasteiger partial charge in [-0.05, 0) is 11.8 Å². The first kappa shape index (κ1) is 12.3. The van der Waals surface area contributed by atoms with Crippen LogP contribution in [0.2, 0.25) is 0 Å². The van der Waals surface area contributed by atoms with Gasteiger partial charge in [0, 0.05) is 26.7 Å². The molecule has 0 aromatic heterocycles. The van der Waals surface area contributed by atoms with E-state index in [-0.39, 0.29) is 11.5 Å². The summed E-state index contributed by atoms with van der Waals surface area (Å²) in [6.07, 6.45) is 1.32. The maximum atomic E-state index is 5.46. The van der Waals surface area contributed by atoms with Gasteiger partial charge >= 0.3 is 0 Å². The topological polar surface area (TPSA) is 45.6 Å². The number of aliphatic imine (C=N–C) groups is 1. The maximum absolute atomic E-state index is 5.46. The number of nitrogens with one attached hydrogen (secondary N) is 2. The molecule has 0 aliphatic carbocycles. The minimum Gasteiger partial charge on any atom is -0.379 e. The predicted octanol–water partition coefficient (Wildman–Crippen LogP) is 0.986. The lowest BCUT2D eigenvalue weighted by Gasteiger charge is -2.30. The minimum absolute atomic E-state index is 0.150. The lowest BCUT2D eigenvalue weighted by Crippen LogP contribution is -2.46. The van der Waals surface area contributed by atoms with Crippen molar-refractivity contribution in [2.45, 2.75) is 33.3 Å². The van der Waals surface area contributed by atoms with Crippen molar-refractivity contribution >= 4 is 5.96 Å². The smallest absolute Gasteiger partial charge is 0.191 e. The first-order valence-electron chi connectivity index (χ1n) is 5.59. The summed E-state index contributed by atoms with van der Waals surface area (Å²) in [5.41, 5.74) is 0.150. The molecule has 88 valence electrons. The summed E-state index contributed by atoms with van der Waals surface area (Å²) in [6.45, 7) is 9.27. The lowest BCUT2D eigenvalue weighted by atomic mass is 9.89. The van der Waals surface area contributed by atoms with Gasteiger partial charge < -0.3 is 15.4 Å². The molecule has 4 nitrogen and oxygen atoms in total. The summed E-state index contributed by atoms with van der Waals surface area (Å²) in [7, 11) is 1.76. The normalized spacial score (nSPS) is 19.1. The third-order valence-electron chi connectivity index (χ3n) is 2.60. The van der Waals surface area contributed by atoms with Crippen LogP contribution in [0.1, 0.15) is 27.2 Å². The molecule has 1 aliphatic heterocycles. The molecule has 1 aliphatic rings. The Bertz CT molecular complexity index is 220. The summed E-state index contributed by atoms with van der Waals surface area (Å²) < 4.78 is 5.46. The van der Waals surface area contributed by atoms with Crippen LogP contribution >= 0.6 is 0 Å². The first-order valence-corrected chi connectivity index (χ1v) is 5.59. The Morgan fingerprint density at radius 3 is 2.73 bits per heavy atom.